The van der Waals surface area contributed by atoms with Crippen molar-refractivity contribution in [2.45, 2.75) is 20.1 Å². The quantitative estimate of drug-likeness (QED) is 0.298. The van der Waals surface area contributed by atoms with Crippen LogP contribution in [-0.2, 0) is 17.9 Å². The third-order valence-electron chi connectivity index (χ3n) is 4.62. The fourth-order valence-electron chi connectivity index (χ4n) is 3.03. The summed E-state index contributed by atoms with van der Waals surface area (Å²) in [5.41, 5.74) is 2.19. The zero-order valence-electron chi connectivity index (χ0n) is 17.5. The molecule has 0 spiro atoms. The number of guanidine groups is 1. The number of aromatic nitrogens is 1. The lowest BCUT2D eigenvalue weighted by atomic mass is 10.2. The molecule has 1 fully saturated rings. The molecule has 0 saturated carbocycles. The number of rotatable bonds is 9. The molecule has 1 aliphatic rings. The van der Waals surface area contributed by atoms with Crippen LogP contribution in [0.25, 0.3) is 0 Å². The predicted octanol–water partition coefficient (Wildman–Crippen LogP) is 2.67. The second-order valence-electron chi connectivity index (χ2n) is 6.85. The Balaban J connectivity index is 0.00000320. The zero-order valence-corrected chi connectivity index (χ0v) is 19.9. The first-order chi connectivity index (χ1) is 14.3. The van der Waals surface area contributed by atoms with Crippen LogP contribution in [0.2, 0.25) is 0 Å². The number of morpholine rings is 1. The lowest BCUT2D eigenvalue weighted by molar-refractivity contribution is 0.0389. The van der Waals surface area contributed by atoms with E-state index >= 15 is 0 Å². The van der Waals surface area contributed by atoms with Gasteiger partial charge in [-0.3, -0.25) is 4.90 Å². The van der Waals surface area contributed by atoms with Crippen molar-refractivity contribution in [3.05, 3.63) is 59.8 Å². The van der Waals surface area contributed by atoms with Gasteiger partial charge in [-0.2, -0.15) is 0 Å². The van der Waals surface area contributed by atoms with Gasteiger partial charge in [0.1, 0.15) is 6.61 Å². The second-order valence-corrected chi connectivity index (χ2v) is 6.85. The largest absolute Gasteiger partial charge is 0.473 e. The van der Waals surface area contributed by atoms with Gasteiger partial charge in [-0.25, -0.2) is 9.98 Å². The van der Waals surface area contributed by atoms with Crippen molar-refractivity contribution in [3.8, 4) is 5.88 Å². The fourth-order valence-corrected chi connectivity index (χ4v) is 3.03. The van der Waals surface area contributed by atoms with E-state index in [0.29, 0.717) is 19.0 Å². The molecule has 1 saturated heterocycles. The summed E-state index contributed by atoms with van der Waals surface area (Å²) < 4.78 is 11.2. The highest BCUT2D eigenvalue weighted by atomic mass is 127. The normalized spacial score (nSPS) is 14.6. The summed E-state index contributed by atoms with van der Waals surface area (Å²) in [7, 11) is 0. The molecule has 0 radical (unpaired) electrons. The average molecular weight is 525 g/mol. The minimum absolute atomic E-state index is 0. The van der Waals surface area contributed by atoms with Crippen molar-refractivity contribution < 1.29 is 9.47 Å². The van der Waals surface area contributed by atoms with Gasteiger partial charge in [-0.1, -0.05) is 30.3 Å². The van der Waals surface area contributed by atoms with E-state index < -0.39 is 0 Å². The van der Waals surface area contributed by atoms with Crippen LogP contribution < -0.4 is 15.4 Å². The third-order valence-corrected chi connectivity index (χ3v) is 4.62. The standard InChI is InChI=1S/C22H31N5O2.HI/c1-2-23-22(25-10-11-27-12-14-28-15-13-27)26-17-20-8-9-24-21(16-20)29-18-19-6-4-3-5-7-19;/h3-9,16H,2,10-15,17-18H2,1H3,(H2,23,25,26);1H. The average Bonchev–Trinajstić information content (AvgIpc) is 2.78. The van der Waals surface area contributed by atoms with E-state index in [4.69, 9.17) is 14.5 Å². The van der Waals surface area contributed by atoms with Crippen molar-refractivity contribution in [2.75, 3.05) is 45.9 Å². The fraction of sp³-hybridized carbons (Fsp3) is 0.455. The number of nitrogens with one attached hydrogen (secondary N) is 2. The number of hydrogen-bond acceptors (Lipinski definition) is 5. The first kappa shape index (κ1) is 24.4. The first-order valence-electron chi connectivity index (χ1n) is 10.3. The summed E-state index contributed by atoms with van der Waals surface area (Å²) >= 11 is 0. The molecule has 1 aliphatic heterocycles. The van der Waals surface area contributed by atoms with Crippen LogP contribution in [0.5, 0.6) is 5.88 Å². The first-order valence-corrected chi connectivity index (χ1v) is 10.3. The number of hydrogen-bond donors (Lipinski definition) is 2. The Bertz CT molecular complexity index is 754. The lowest BCUT2D eigenvalue weighted by Crippen LogP contribution is -2.44. The minimum Gasteiger partial charge on any atom is -0.473 e. The third kappa shape index (κ3) is 8.85. The maximum atomic E-state index is 5.81. The van der Waals surface area contributed by atoms with E-state index in [1.807, 2.05) is 42.5 Å². The highest BCUT2D eigenvalue weighted by Crippen LogP contribution is 2.12. The molecular formula is C22H32IN5O2. The van der Waals surface area contributed by atoms with Gasteiger partial charge >= 0.3 is 0 Å². The molecule has 2 aromatic rings. The van der Waals surface area contributed by atoms with Crippen LogP contribution in [0.4, 0.5) is 0 Å². The van der Waals surface area contributed by atoms with Crippen molar-refractivity contribution >= 4 is 29.9 Å². The summed E-state index contributed by atoms with van der Waals surface area (Å²) in [5.74, 6) is 1.44. The summed E-state index contributed by atoms with van der Waals surface area (Å²) in [6.07, 6.45) is 1.77. The van der Waals surface area contributed by atoms with Crippen molar-refractivity contribution in [3.63, 3.8) is 0 Å². The van der Waals surface area contributed by atoms with Crippen LogP contribution in [0.3, 0.4) is 0 Å². The molecular weight excluding hydrogens is 493 g/mol. The minimum atomic E-state index is 0. The van der Waals surface area contributed by atoms with Crippen molar-refractivity contribution in [1.29, 1.82) is 0 Å². The number of nitrogens with zero attached hydrogens (tertiary/aromatic N) is 3. The molecule has 0 unspecified atom stereocenters. The van der Waals surface area contributed by atoms with Gasteiger partial charge in [0.25, 0.3) is 0 Å². The molecule has 7 nitrogen and oxygen atoms in total. The number of halogens is 1. The van der Waals surface area contributed by atoms with Gasteiger partial charge in [0, 0.05) is 45.0 Å². The van der Waals surface area contributed by atoms with Gasteiger partial charge in [0.15, 0.2) is 5.96 Å². The molecule has 30 heavy (non-hydrogen) atoms. The van der Waals surface area contributed by atoms with E-state index in [2.05, 4.69) is 27.4 Å². The molecule has 8 heteroatoms. The topological polar surface area (TPSA) is 71.0 Å². The maximum Gasteiger partial charge on any atom is 0.213 e. The van der Waals surface area contributed by atoms with Crippen LogP contribution in [0, 0.1) is 0 Å². The summed E-state index contributed by atoms with van der Waals surface area (Å²) in [6, 6.07) is 14.0. The lowest BCUT2D eigenvalue weighted by Gasteiger charge is -2.26. The van der Waals surface area contributed by atoms with Gasteiger partial charge < -0.3 is 20.1 Å². The molecule has 1 aromatic heterocycles. The Kier molecular flexibility index (Phi) is 11.5. The SMILES string of the molecule is CCNC(=NCc1ccnc(OCc2ccccc2)c1)NCCN1CCOCC1.I. The van der Waals surface area contributed by atoms with Crippen LogP contribution in [-0.4, -0.2) is 61.8 Å². The Morgan fingerprint density at radius 1 is 1.13 bits per heavy atom. The molecule has 1 aromatic carbocycles. The summed E-state index contributed by atoms with van der Waals surface area (Å²) in [4.78, 5) is 11.4. The summed E-state index contributed by atoms with van der Waals surface area (Å²) in [5, 5.41) is 6.71. The highest BCUT2D eigenvalue weighted by molar-refractivity contribution is 14.0. The van der Waals surface area contributed by atoms with Crippen LogP contribution in [0.1, 0.15) is 18.1 Å². The van der Waals surface area contributed by atoms with Crippen LogP contribution >= 0.6 is 24.0 Å². The highest BCUT2D eigenvalue weighted by Gasteiger charge is 2.09. The molecule has 3 rings (SSSR count). The van der Waals surface area contributed by atoms with E-state index in [9.17, 15) is 0 Å². The molecule has 0 aliphatic carbocycles. The summed E-state index contributed by atoms with van der Waals surface area (Å²) in [6.45, 7) is 9.45. The number of aliphatic imine (C=N–C) groups is 1. The van der Waals surface area contributed by atoms with Crippen LogP contribution in [0.15, 0.2) is 53.7 Å². The second kappa shape index (κ2) is 14.2. The maximum absolute atomic E-state index is 5.81. The van der Waals surface area contributed by atoms with Gasteiger partial charge in [-0.15, -0.1) is 24.0 Å². The van der Waals surface area contributed by atoms with E-state index in [-0.39, 0.29) is 24.0 Å². The Morgan fingerprint density at radius 3 is 2.70 bits per heavy atom. The smallest absolute Gasteiger partial charge is 0.213 e. The van der Waals surface area contributed by atoms with E-state index in [1.165, 1.54) is 0 Å². The molecule has 0 amide bonds. The molecule has 164 valence electrons. The molecule has 2 heterocycles. The number of pyridine rings is 1. The Labute approximate surface area is 196 Å². The molecule has 0 atom stereocenters. The predicted molar refractivity (Wildman–Crippen MR) is 131 cm³/mol. The Morgan fingerprint density at radius 2 is 1.93 bits per heavy atom. The Hall–Kier alpha value is -1.91. The van der Waals surface area contributed by atoms with Crippen molar-refractivity contribution in [2.24, 2.45) is 4.99 Å². The van der Waals surface area contributed by atoms with Gasteiger partial charge in [-0.05, 0) is 24.1 Å². The monoisotopic (exact) mass is 525 g/mol. The van der Waals surface area contributed by atoms with E-state index in [1.54, 1.807) is 6.20 Å². The van der Waals surface area contributed by atoms with E-state index in [0.717, 1.165) is 63.0 Å². The number of benzene rings is 1. The van der Waals surface area contributed by atoms with Gasteiger partial charge in [0.2, 0.25) is 5.88 Å². The van der Waals surface area contributed by atoms with Crippen molar-refractivity contribution in [1.82, 2.24) is 20.5 Å². The number of ether oxygens (including phenoxy) is 2. The molecule has 0 bridgehead atoms. The van der Waals surface area contributed by atoms with Gasteiger partial charge in [0.05, 0.1) is 19.8 Å². The molecule has 2 N–H and O–H groups in total. The zero-order chi connectivity index (χ0) is 20.2.